The molecule has 0 aromatic heterocycles. The number of hydrogen-bond donors (Lipinski definition) is 0. The summed E-state index contributed by atoms with van der Waals surface area (Å²) in [6.07, 6.45) is -2.36. The molecule has 0 N–H and O–H groups in total. The fourth-order valence-electron chi connectivity index (χ4n) is 2.12. The van der Waals surface area contributed by atoms with E-state index in [0.29, 0.717) is 16.5 Å². The van der Waals surface area contributed by atoms with Crippen LogP contribution in [0.25, 0.3) is 0 Å². The number of rotatable bonds is 4. The third-order valence-electron chi connectivity index (χ3n) is 2.88. The number of nitrogens with zero attached hydrogens (tertiary/aromatic N) is 1. The number of amides is 1. The molecule has 1 aromatic carbocycles. The summed E-state index contributed by atoms with van der Waals surface area (Å²) < 4.78 is 54.3. The van der Waals surface area contributed by atoms with Gasteiger partial charge in [-0.05, 0) is 24.1 Å². The van der Waals surface area contributed by atoms with E-state index in [2.05, 4.69) is 20.7 Å². The number of alkyl halides is 4. The largest absolute Gasteiger partial charge is 0.434 e. The van der Waals surface area contributed by atoms with Gasteiger partial charge in [0, 0.05) is 11.0 Å². The van der Waals surface area contributed by atoms with E-state index in [4.69, 9.17) is 0 Å². The molecule has 1 amide bonds. The Kier molecular flexibility index (Phi) is 4.52. The molecular weight excluding hydrogens is 346 g/mol. The van der Waals surface area contributed by atoms with Crippen molar-refractivity contribution >= 4 is 21.8 Å². The molecule has 20 heavy (non-hydrogen) atoms. The summed E-state index contributed by atoms with van der Waals surface area (Å²) in [5.74, 6) is -1.01. The van der Waals surface area contributed by atoms with Crippen LogP contribution in [0.5, 0.6) is 5.75 Å². The second-order valence-corrected chi connectivity index (χ2v) is 5.12. The standard InChI is InChI=1S/C12H10BrF4NO2/c13-7-3-6-1-2-18(5-9(14)15)11(19)10(6)8(4-7)20-12(16)17/h3-4,9,12H,1-2,5H2. The second-order valence-electron chi connectivity index (χ2n) is 4.21. The van der Waals surface area contributed by atoms with Crippen LogP contribution < -0.4 is 4.74 Å². The van der Waals surface area contributed by atoms with Gasteiger partial charge in [-0.3, -0.25) is 4.79 Å². The molecule has 110 valence electrons. The molecule has 1 heterocycles. The lowest BCUT2D eigenvalue weighted by molar-refractivity contribution is -0.0505. The molecular formula is C12H10BrF4NO2. The highest BCUT2D eigenvalue weighted by Crippen LogP contribution is 2.33. The first-order valence-corrected chi connectivity index (χ1v) is 6.52. The summed E-state index contributed by atoms with van der Waals surface area (Å²) in [6.45, 7) is -3.69. The van der Waals surface area contributed by atoms with E-state index in [1.54, 1.807) is 6.07 Å². The van der Waals surface area contributed by atoms with E-state index in [1.807, 2.05) is 0 Å². The van der Waals surface area contributed by atoms with E-state index >= 15 is 0 Å². The number of hydrogen-bond acceptors (Lipinski definition) is 2. The zero-order valence-electron chi connectivity index (χ0n) is 10.1. The van der Waals surface area contributed by atoms with Crippen LogP contribution in [-0.4, -0.2) is 36.9 Å². The molecule has 0 unspecified atom stereocenters. The lowest BCUT2D eigenvalue weighted by Gasteiger charge is -2.29. The second kappa shape index (κ2) is 5.99. The van der Waals surface area contributed by atoms with Crippen LogP contribution in [0.15, 0.2) is 16.6 Å². The van der Waals surface area contributed by atoms with E-state index in [0.717, 1.165) is 4.90 Å². The van der Waals surface area contributed by atoms with Crippen molar-refractivity contribution < 1.29 is 27.1 Å². The maximum Gasteiger partial charge on any atom is 0.387 e. The molecule has 2 rings (SSSR count). The molecule has 3 nitrogen and oxygen atoms in total. The van der Waals surface area contributed by atoms with Gasteiger partial charge in [-0.2, -0.15) is 8.78 Å². The summed E-state index contributed by atoms with van der Waals surface area (Å²) in [5.41, 5.74) is 0.436. The predicted octanol–water partition coefficient (Wildman–Crippen LogP) is 3.31. The maximum absolute atomic E-state index is 12.4. The first-order chi connectivity index (χ1) is 9.38. The quantitative estimate of drug-likeness (QED) is 0.775. The highest BCUT2D eigenvalue weighted by molar-refractivity contribution is 9.10. The van der Waals surface area contributed by atoms with Crippen LogP contribution in [0.3, 0.4) is 0 Å². The minimum atomic E-state index is -3.09. The number of fused-ring (bicyclic) bond motifs is 1. The number of ether oxygens (including phenoxy) is 1. The first kappa shape index (κ1) is 15.1. The van der Waals surface area contributed by atoms with Gasteiger partial charge in [-0.25, -0.2) is 8.78 Å². The minimum absolute atomic E-state index is 0.0691. The molecule has 1 aromatic rings. The van der Waals surface area contributed by atoms with Gasteiger partial charge in [0.1, 0.15) is 5.75 Å². The van der Waals surface area contributed by atoms with Gasteiger partial charge in [0.05, 0.1) is 12.1 Å². The highest BCUT2D eigenvalue weighted by atomic mass is 79.9. The van der Waals surface area contributed by atoms with Gasteiger partial charge in [-0.1, -0.05) is 15.9 Å². The Bertz CT molecular complexity index is 524. The smallest absolute Gasteiger partial charge is 0.387 e. The molecule has 0 aliphatic carbocycles. The van der Waals surface area contributed by atoms with Crippen molar-refractivity contribution in [3.05, 3.63) is 27.7 Å². The average molecular weight is 356 g/mol. The average Bonchev–Trinajstić information content (AvgIpc) is 2.31. The monoisotopic (exact) mass is 355 g/mol. The SMILES string of the molecule is O=C1c2c(cc(Br)cc2OC(F)F)CCN1CC(F)F. The molecule has 8 heteroatoms. The van der Waals surface area contributed by atoms with Crippen LogP contribution in [0.1, 0.15) is 15.9 Å². The molecule has 1 aliphatic rings. The molecule has 0 radical (unpaired) electrons. The van der Waals surface area contributed by atoms with Crippen molar-refractivity contribution in [1.82, 2.24) is 4.90 Å². The van der Waals surface area contributed by atoms with E-state index in [-0.39, 0.29) is 17.9 Å². The first-order valence-electron chi connectivity index (χ1n) is 5.73. The van der Waals surface area contributed by atoms with Crippen molar-refractivity contribution in [3.63, 3.8) is 0 Å². The lowest BCUT2D eigenvalue weighted by atomic mass is 9.98. The van der Waals surface area contributed by atoms with Gasteiger partial charge >= 0.3 is 6.61 Å². The Balaban J connectivity index is 2.39. The fraction of sp³-hybridized carbons (Fsp3) is 0.417. The van der Waals surface area contributed by atoms with Crippen LogP contribution in [0.4, 0.5) is 17.6 Å². The van der Waals surface area contributed by atoms with Crippen LogP contribution >= 0.6 is 15.9 Å². The highest BCUT2D eigenvalue weighted by Gasteiger charge is 2.30. The normalized spacial score (nSPS) is 14.9. The van der Waals surface area contributed by atoms with Gasteiger partial charge in [0.15, 0.2) is 0 Å². The summed E-state index contributed by atoms with van der Waals surface area (Å²) in [6, 6.07) is 2.83. The van der Waals surface area contributed by atoms with Crippen LogP contribution in [0.2, 0.25) is 0 Å². The van der Waals surface area contributed by atoms with Crippen molar-refractivity contribution in [2.75, 3.05) is 13.1 Å². The molecule has 0 atom stereocenters. The van der Waals surface area contributed by atoms with Gasteiger partial charge in [0.25, 0.3) is 12.3 Å². The lowest BCUT2D eigenvalue weighted by Crippen LogP contribution is -2.40. The Morgan fingerprint density at radius 2 is 2.00 bits per heavy atom. The topological polar surface area (TPSA) is 29.5 Å². The third kappa shape index (κ3) is 3.23. The van der Waals surface area contributed by atoms with Gasteiger partial charge in [0.2, 0.25) is 0 Å². The van der Waals surface area contributed by atoms with Crippen LogP contribution in [-0.2, 0) is 6.42 Å². The Morgan fingerprint density at radius 3 is 2.60 bits per heavy atom. The Hall–Kier alpha value is -1.31. The van der Waals surface area contributed by atoms with E-state index in [1.165, 1.54) is 6.07 Å². The summed E-state index contributed by atoms with van der Waals surface area (Å²) in [4.78, 5) is 13.1. The fourth-order valence-corrected chi connectivity index (χ4v) is 2.60. The molecule has 0 saturated carbocycles. The van der Waals surface area contributed by atoms with Crippen molar-refractivity contribution in [1.29, 1.82) is 0 Å². The third-order valence-corrected chi connectivity index (χ3v) is 3.33. The molecule has 0 saturated heterocycles. The van der Waals surface area contributed by atoms with Gasteiger partial charge < -0.3 is 9.64 Å². The summed E-state index contributed by atoms with van der Waals surface area (Å²) >= 11 is 3.14. The number of carbonyl (C=O) groups is 1. The summed E-state index contributed by atoms with van der Waals surface area (Å²) in [7, 11) is 0. The number of carbonyl (C=O) groups excluding carboxylic acids is 1. The predicted molar refractivity (Wildman–Crippen MR) is 66.4 cm³/mol. The minimum Gasteiger partial charge on any atom is -0.434 e. The maximum atomic E-state index is 12.4. The zero-order valence-corrected chi connectivity index (χ0v) is 11.7. The van der Waals surface area contributed by atoms with Crippen LogP contribution in [0, 0.1) is 0 Å². The van der Waals surface area contributed by atoms with Crippen molar-refractivity contribution in [2.45, 2.75) is 19.5 Å². The van der Waals surface area contributed by atoms with Crippen molar-refractivity contribution in [2.24, 2.45) is 0 Å². The molecule has 0 bridgehead atoms. The molecule has 0 spiro atoms. The Labute approximate surface area is 120 Å². The number of halogens is 5. The molecule has 0 fully saturated rings. The Morgan fingerprint density at radius 1 is 1.30 bits per heavy atom. The van der Waals surface area contributed by atoms with E-state index in [9.17, 15) is 22.4 Å². The zero-order chi connectivity index (χ0) is 14.9. The van der Waals surface area contributed by atoms with Crippen molar-refractivity contribution in [3.8, 4) is 5.75 Å². The van der Waals surface area contributed by atoms with E-state index < -0.39 is 25.5 Å². The molecule has 1 aliphatic heterocycles. The summed E-state index contributed by atoms with van der Waals surface area (Å²) in [5, 5.41) is 0. The number of benzene rings is 1. The van der Waals surface area contributed by atoms with Gasteiger partial charge in [-0.15, -0.1) is 0 Å².